The van der Waals surface area contributed by atoms with Crippen LogP contribution in [-0.4, -0.2) is 61.1 Å². The first-order valence-electron chi connectivity index (χ1n) is 7.87. The molecule has 0 saturated carbocycles. The van der Waals surface area contributed by atoms with E-state index < -0.39 is 0 Å². The lowest BCUT2D eigenvalue weighted by atomic mass is 10.3. The van der Waals surface area contributed by atoms with Gasteiger partial charge in [-0.3, -0.25) is 4.79 Å². The first-order chi connectivity index (χ1) is 11.7. The molecule has 1 N–H and O–H groups in total. The van der Waals surface area contributed by atoms with Gasteiger partial charge in [-0.15, -0.1) is 0 Å². The number of anilines is 2. The van der Waals surface area contributed by atoms with Crippen LogP contribution in [0.1, 0.15) is 10.5 Å². The third-order valence-electron chi connectivity index (χ3n) is 4.01. The van der Waals surface area contributed by atoms with E-state index in [1.807, 2.05) is 0 Å². The van der Waals surface area contributed by atoms with Gasteiger partial charge in [0.05, 0.1) is 7.11 Å². The summed E-state index contributed by atoms with van der Waals surface area (Å²) in [6.45, 7) is 3.65. The highest BCUT2D eigenvalue weighted by Crippen LogP contribution is 2.16. The molecule has 0 atom stereocenters. The number of aromatic nitrogens is 2. The van der Waals surface area contributed by atoms with Crippen molar-refractivity contribution in [2.24, 2.45) is 0 Å². The SMILES string of the molecule is COc1ccc(NC(=O)c2ccnc(N3CCN(C)CC3)n2)cc1. The highest BCUT2D eigenvalue weighted by atomic mass is 16.5. The fraction of sp³-hybridized carbons (Fsp3) is 0.353. The predicted molar refractivity (Wildman–Crippen MR) is 92.7 cm³/mol. The van der Waals surface area contributed by atoms with Crippen LogP contribution in [0.25, 0.3) is 0 Å². The molecule has 24 heavy (non-hydrogen) atoms. The first kappa shape index (κ1) is 16.2. The lowest BCUT2D eigenvalue weighted by Gasteiger charge is -2.32. The summed E-state index contributed by atoms with van der Waals surface area (Å²) in [5.74, 6) is 1.09. The molecule has 0 aliphatic carbocycles. The first-order valence-corrected chi connectivity index (χ1v) is 7.87. The zero-order valence-corrected chi connectivity index (χ0v) is 13.9. The second-order valence-electron chi connectivity index (χ2n) is 5.71. The van der Waals surface area contributed by atoms with Gasteiger partial charge >= 0.3 is 0 Å². The normalized spacial score (nSPS) is 15.2. The molecule has 0 unspecified atom stereocenters. The third-order valence-corrected chi connectivity index (χ3v) is 4.01. The van der Waals surface area contributed by atoms with Crippen molar-refractivity contribution in [3.8, 4) is 5.75 Å². The van der Waals surface area contributed by atoms with Crippen LogP contribution in [0.2, 0.25) is 0 Å². The fourth-order valence-electron chi connectivity index (χ4n) is 2.50. The summed E-state index contributed by atoms with van der Waals surface area (Å²) >= 11 is 0. The fourth-order valence-corrected chi connectivity index (χ4v) is 2.50. The molecular weight excluding hydrogens is 306 g/mol. The van der Waals surface area contributed by atoms with Crippen molar-refractivity contribution in [3.05, 3.63) is 42.2 Å². The minimum absolute atomic E-state index is 0.252. The molecule has 1 aromatic carbocycles. The van der Waals surface area contributed by atoms with Crippen LogP contribution in [0.4, 0.5) is 11.6 Å². The number of nitrogens with one attached hydrogen (secondary N) is 1. The van der Waals surface area contributed by atoms with E-state index >= 15 is 0 Å². The van der Waals surface area contributed by atoms with Gasteiger partial charge < -0.3 is 19.9 Å². The van der Waals surface area contributed by atoms with E-state index in [9.17, 15) is 4.79 Å². The summed E-state index contributed by atoms with van der Waals surface area (Å²) in [4.78, 5) is 25.5. The number of hydrogen-bond acceptors (Lipinski definition) is 6. The summed E-state index contributed by atoms with van der Waals surface area (Å²) in [5, 5.41) is 2.84. The Morgan fingerprint density at radius 1 is 1.12 bits per heavy atom. The average molecular weight is 327 g/mol. The quantitative estimate of drug-likeness (QED) is 0.917. The molecule has 7 nitrogen and oxygen atoms in total. The van der Waals surface area contributed by atoms with E-state index in [2.05, 4.69) is 32.1 Å². The Balaban J connectivity index is 1.69. The number of hydrogen-bond donors (Lipinski definition) is 1. The average Bonchev–Trinajstić information content (AvgIpc) is 2.63. The van der Waals surface area contributed by atoms with Gasteiger partial charge in [-0.2, -0.15) is 0 Å². The van der Waals surface area contributed by atoms with Crippen molar-refractivity contribution >= 4 is 17.5 Å². The van der Waals surface area contributed by atoms with Crippen LogP contribution < -0.4 is 15.0 Å². The van der Waals surface area contributed by atoms with Crippen molar-refractivity contribution in [1.29, 1.82) is 0 Å². The molecule has 1 saturated heterocycles. The standard InChI is InChI=1S/C17H21N5O2/c1-21-9-11-22(12-10-21)17-18-8-7-15(20-17)16(23)19-13-3-5-14(24-2)6-4-13/h3-8H,9-12H2,1-2H3,(H,19,23). The molecule has 2 aromatic rings. The van der Waals surface area contributed by atoms with Crippen LogP contribution in [0, 0.1) is 0 Å². The lowest BCUT2D eigenvalue weighted by Crippen LogP contribution is -2.45. The molecule has 126 valence electrons. The van der Waals surface area contributed by atoms with Crippen molar-refractivity contribution < 1.29 is 9.53 Å². The second-order valence-corrected chi connectivity index (χ2v) is 5.71. The van der Waals surface area contributed by atoms with Gasteiger partial charge in [0.1, 0.15) is 11.4 Å². The summed E-state index contributed by atoms with van der Waals surface area (Å²) in [5.41, 5.74) is 1.05. The van der Waals surface area contributed by atoms with Crippen LogP contribution in [0.5, 0.6) is 5.75 Å². The zero-order valence-electron chi connectivity index (χ0n) is 13.9. The van der Waals surface area contributed by atoms with Gasteiger partial charge in [0.25, 0.3) is 5.91 Å². The largest absolute Gasteiger partial charge is 0.497 e. The minimum atomic E-state index is -0.252. The van der Waals surface area contributed by atoms with Gasteiger partial charge in [-0.1, -0.05) is 0 Å². The zero-order chi connectivity index (χ0) is 16.9. The molecule has 1 aliphatic heterocycles. The van der Waals surface area contributed by atoms with E-state index in [4.69, 9.17) is 4.74 Å². The molecule has 0 spiro atoms. The van der Waals surface area contributed by atoms with Gasteiger partial charge in [-0.05, 0) is 37.4 Å². The van der Waals surface area contributed by atoms with Crippen molar-refractivity contribution in [3.63, 3.8) is 0 Å². The van der Waals surface area contributed by atoms with Crippen molar-refractivity contribution in [2.45, 2.75) is 0 Å². The van der Waals surface area contributed by atoms with Crippen LogP contribution in [-0.2, 0) is 0 Å². The van der Waals surface area contributed by atoms with E-state index in [-0.39, 0.29) is 5.91 Å². The number of carbonyl (C=O) groups is 1. The van der Waals surface area contributed by atoms with E-state index in [1.54, 1.807) is 43.6 Å². The van der Waals surface area contributed by atoms with E-state index in [0.29, 0.717) is 17.3 Å². The van der Waals surface area contributed by atoms with Crippen LogP contribution >= 0.6 is 0 Å². The Hall–Kier alpha value is -2.67. The number of ether oxygens (including phenoxy) is 1. The van der Waals surface area contributed by atoms with E-state index in [1.165, 1.54) is 0 Å². The number of methoxy groups -OCH3 is 1. The van der Waals surface area contributed by atoms with Crippen LogP contribution in [0.15, 0.2) is 36.5 Å². The summed E-state index contributed by atoms with van der Waals surface area (Å²) in [7, 11) is 3.70. The number of likely N-dealkylation sites (N-methyl/N-ethyl adjacent to an activating group) is 1. The number of piperazine rings is 1. The Kier molecular flexibility index (Phi) is 4.90. The maximum Gasteiger partial charge on any atom is 0.274 e. The molecule has 0 radical (unpaired) electrons. The molecule has 1 amide bonds. The molecule has 1 aliphatic rings. The Labute approximate surface area is 141 Å². The summed E-state index contributed by atoms with van der Waals surface area (Å²) in [6, 6.07) is 8.80. The lowest BCUT2D eigenvalue weighted by molar-refractivity contribution is 0.102. The molecule has 1 fully saturated rings. The second kappa shape index (κ2) is 7.27. The van der Waals surface area contributed by atoms with Gasteiger partial charge in [-0.25, -0.2) is 9.97 Å². The van der Waals surface area contributed by atoms with Gasteiger partial charge in [0.15, 0.2) is 0 Å². The van der Waals surface area contributed by atoms with E-state index in [0.717, 1.165) is 31.9 Å². The topological polar surface area (TPSA) is 70.6 Å². The highest BCUT2D eigenvalue weighted by Gasteiger charge is 2.18. The highest BCUT2D eigenvalue weighted by molar-refractivity contribution is 6.03. The minimum Gasteiger partial charge on any atom is -0.497 e. The van der Waals surface area contributed by atoms with Crippen molar-refractivity contribution in [2.75, 3.05) is 50.6 Å². The van der Waals surface area contributed by atoms with Crippen molar-refractivity contribution in [1.82, 2.24) is 14.9 Å². The molecule has 2 heterocycles. The number of carbonyl (C=O) groups excluding carboxylic acids is 1. The van der Waals surface area contributed by atoms with Gasteiger partial charge in [0.2, 0.25) is 5.95 Å². The predicted octanol–water partition coefficient (Wildman–Crippen LogP) is 1.49. The maximum atomic E-state index is 12.4. The number of rotatable bonds is 4. The van der Waals surface area contributed by atoms with Gasteiger partial charge in [0, 0.05) is 38.1 Å². The maximum absolute atomic E-state index is 12.4. The summed E-state index contributed by atoms with van der Waals surface area (Å²) < 4.78 is 5.11. The Morgan fingerprint density at radius 2 is 1.83 bits per heavy atom. The third kappa shape index (κ3) is 3.80. The number of amides is 1. The smallest absolute Gasteiger partial charge is 0.274 e. The molecule has 3 rings (SSSR count). The number of nitrogens with zero attached hydrogens (tertiary/aromatic N) is 4. The summed E-state index contributed by atoms with van der Waals surface area (Å²) in [6.07, 6.45) is 1.63. The monoisotopic (exact) mass is 327 g/mol. The molecule has 1 aromatic heterocycles. The molecular formula is C17H21N5O2. The Bertz CT molecular complexity index is 696. The molecule has 7 heteroatoms. The van der Waals surface area contributed by atoms with Crippen LogP contribution in [0.3, 0.4) is 0 Å². The molecule has 0 bridgehead atoms. The Morgan fingerprint density at radius 3 is 2.50 bits per heavy atom. The number of benzene rings is 1.